The van der Waals surface area contributed by atoms with Crippen LogP contribution in [0.2, 0.25) is 0 Å². The van der Waals surface area contributed by atoms with Crippen LogP contribution >= 0.6 is 0 Å². The summed E-state index contributed by atoms with van der Waals surface area (Å²) >= 11 is 0. The SMILES string of the molecule is Cc1c(C(=O)NCc2cccc(NS(C)(=O)=O)c2)oc2c1ccc1ccccc12. The maximum atomic E-state index is 12.7. The van der Waals surface area contributed by atoms with Crippen LogP contribution in [0.1, 0.15) is 21.7 Å². The summed E-state index contributed by atoms with van der Waals surface area (Å²) in [4.78, 5) is 12.7. The van der Waals surface area contributed by atoms with Crippen molar-refractivity contribution in [2.24, 2.45) is 0 Å². The highest BCUT2D eigenvalue weighted by Gasteiger charge is 2.18. The highest BCUT2D eigenvalue weighted by atomic mass is 32.2. The largest absolute Gasteiger partial charge is 0.450 e. The number of sulfonamides is 1. The summed E-state index contributed by atoms with van der Waals surface area (Å²) in [5.74, 6) is -0.0361. The Hall–Kier alpha value is -3.32. The predicted octanol–water partition coefficient (Wildman–Crippen LogP) is 4.20. The Labute approximate surface area is 168 Å². The second-order valence-electron chi connectivity index (χ2n) is 6.98. The molecule has 0 unspecified atom stereocenters. The Morgan fingerprint density at radius 2 is 1.79 bits per heavy atom. The number of carbonyl (C=O) groups excluding carboxylic acids is 1. The molecule has 0 aliphatic heterocycles. The van der Waals surface area contributed by atoms with Crippen LogP contribution in [-0.4, -0.2) is 20.6 Å². The lowest BCUT2D eigenvalue weighted by Gasteiger charge is -2.08. The standard InChI is InChI=1S/C22H20N2O4S/c1-14-18-11-10-16-7-3-4-9-19(16)21(18)28-20(14)22(25)23-13-15-6-5-8-17(12-15)24-29(2,26)27/h3-12,24H,13H2,1-2H3,(H,23,25). The maximum absolute atomic E-state index is 12.7. The average Bonchev–Trinajstić information content (AvgIpc) is 3.02. The molecule has 0 fully saturated rings. The van der Waals surface area contributed by atoms with Gasteiger partial charge in [0.05, 0.1) is 6.26 Å². The average molecular weight is 408 g/mol. The van der Waals surface area contributed by atoms with Crippen molar-refractivity contribution in [2.75, 3.05) is 11.0 Å². The number of rotatable bonds is 5. The quantitative estimate of drug-likeness (QED) is 0.518. The molecular weight excluding hydrogens is 388 g/mol. The minimum absolute atomic E-state index is 0.245. The number of hydrogen-bond donors (Lipinski definition) is 2. The first-order chi connectivity index (χ1) is 13.8. The van der Waals surface area contributed by atoms with Crippen molar-refractivity contribution in [3.05, 3.63) is 77.6 Å². The van der Waals surface area contributed by atoms with Gasteiger partial charge in [-0.15, -0.1) is 0 Å². The van der Waals surface area contributed by atoms with Gasteiger partial charge < -0.3 is 9.73 Å². The van der Waals surface area contributed by atoms with Gasteiger partial charge in [0.15, 0.2) is 5.76 Å². The summed E-state index contributed by atoms with van der Waals surface area (Å²) < 4.78 is 31.1. The summed E-state index contributed by atoms with van der Waals surface area (Å²) in [6.45, 7) is 2.11. The van der Waals surface area contributed by atoms with Crippen molar-refractivity contribution >= 4 is 43.4 Å². The van der Waals surface area contributed by atoms with Crippen LogP contribution in [0.25, 0.3) is 21.7 Å². The van der Waals surface area contributed by atoms with Crippen LogP contribution in [-0.2, 0) is 16.6 Å². The molecule has 7 heteroatoms. The van der Waals surface area contributed by atoms with Crippen molar-refractivity contribution in [1.82, 2.24) is 5.32 Å². The molecule has 0 aliphatic carbocycles. The van der Waals surface area contributed by atoms with E-state index in [1.165, 1.54) is 0 Å². The van der Waals surface area contributed by atoms with Crippen molar-refractivity contribution in [3.8, 4) is 0 Å². The summed E-state index contributed by atoms with van der Waals surface area (Å²) in [7, 11) is -3.36. The fourth-order valence-electron chi connectivity index (χ4n) is 3.39. The lowest BCUT2D eigenvalue weighted by atomic mass is 10.1. The van der Waals surface area contributed by atoms with Gasteiger partial charge in [-0.25, -0.2) is 8.42 Å². The monoisotopic (exact) mass is 408 g/mol. The molecule has 1 heterocycles. The Balaban J connectivity index is 1.58. The molecule has 0 bridgehead atoms. The molecule has 1 amide bonds. The summed E-state index contributed by atoms with van der Waals surface area (Å²) in [6.07, 6.45) is 1.09. The summed E-state index contributed by atoms with van der Waals surface area (Å²) in [5.41, 5.74) is 2.71. The van der Waals surface area contributed by atoms with Gasteiger partial charge in [0.1, 0.15) is 5.58 Å². The van der Waals surface area contributed by atoms with Crippen molar-refractivity contribution in [3.63, 3.8) is 0 Å². The Morgan fingerprint density at radius 1 is 1.00 bits per heavy atom. The summed E-state index contributed by atoms with van der Waals surface area (Å²) in [6, 6.07) is 18.7. The number of aryl methyl sites for hydroxylation is 1. The molecule has 0 radical (unpaired) electrons. The van der Waals surface area contributed by atoms with E-state index >= 15 is 0 Å². The summed E-state index contributed by atoms with van der Waals surface area (Å²) in [5, 5.41) is 5.77. The van der Waals surface area contributed by atoms with E-state index in [0.717, 1.165) is 33.5 Å². The van der Waals surface area contributed by atoms with Crippen LogP contribution in [0.15, 0.2) is 65.1 Å². The number of amides is 1. The zero-order chi connectivity index (χ0) is 20.6. The highest BCUT2D eigenvalue weighted by Crippen LogP contribution is 2.31. The molecule has 4 aromatic rings. The van der Waals surface area contributed by atoms with E-state index in [4.69, 9.17) is 4.42 Å². The zero-order valence-electron chi connectivity index (χ0n) is 16.0. The lowest BCUT2D eigenvalue weighted by molar-refractivity contribution is 0.0924. The molecule has 3 aromatic carbocycles. The third-order valence-electron chi connectivity index (χ3n) is 4.72. The van der Waals surface area contributed by atoms with Crippen LogP contribution < -0.4 is 10.0 Å². The number of furan rings is 1. The van der Waals surface area contributed by atoms with Gasteiger partial charge in [-0.3, -0.25) is 9.52 Å². The minimum atomic E-state index is -3.36. The van der Waals surface area contributed by atoms with E-state index in [1.807, 2.05) is 49.4 Å². The van der Waals surface area contributed by atoms with Crippen molar-refractivity contribution in [1.29, 1.82) is 0 Å². The van der Waals surface area contributed by atoms with E-state index < -0.39 is 10.0 Å². The van der Waals surface area contributed by atoms with Gasteiger partial charge in [0.2, 0.25) is 10.0 Å². The smallest absolute Gasteiger partial charge is 0.287 e. The van der Waals surface area contributed by atoms with E-state index in [2.05, 4.69) is 10.0 Å². The first kappa shape index (κ1) is 19.0. The van der Waals surface area contributed by atoms with E-state index in [1.54, 1.807) is 18.2 Å². The third-order valence-corrected chi connectivity index (χ3v) is 5.32. The second kappa shape index (κ2) is 7.25. The molecule has 6 nitrogen and oxygen atoms in total. The molecule has 0 atom stereocenters. The van der Waals surface area contributed by atoms with Gasteiger partial charge in [0.25, 0.3) is 5.91 Å². The molecule has 0 spiro atoms. The lowest BCUT2D eigenvalue weighted by Crippen LogP contribution is -2.23. The van der Waals surface area contributed by atoms with Gasteiger partial charge in [-0.2, -0.15) is 0 Å². The number of nitrogens with one attached hydrogen (secondary N) is 2. The van der Waals surface area contributed by atoms with Gasteiger partial charge in [-0.05, 0) is 30.0 Å². The fourth-order valence-corrected chi connectivity index (χ4v) is 3.94. The maximum Gasteiger partial charge on any atom is 0.287 e. The normalized spacial score (nSPS) is 11.7. The first-order valence-electron chi connectivity index (χ1n) is 9.07. The second-order valence-corrected chi connectivity index (χ2v) is 8.73. The van der Waals surface area contributed by atoms with E-state index in [-0.39, 0.29) is 18.2 Å². The van der Waals surface area contributed by atoms with Crippen molar-refractivity contribution in [2.45, 2.75) is 13.5 Å². The van der Waals surface area contributed by atoms with Crippen LogP contribution in [0.3, 0.4) is 0 Å². The van der Waals surface area contributed by atoms with Gasteiger partial charge in [0, 0.05) is 28.6 Å². The molecule has 148 valence electrons. The van der Waals surface area contributed by atoms with Crippen molar-refractivity contribution < 1.29 is 17.6 Å². The molecule has 0 aliphatic rings. The van der Waals surface area contributed by atoms with Crippen LogP contribution in [0, 0.1) is 6.92 Å². The van der Waals surface area contributed by atoms with Gasteiger partial charge >= 0.3 is 0 Å². The number of anilines is 1. The number of carbonyl (C=O) groups is 1. The Bertz CT molecular complexity index is 1340. The van der Waals surface area contributed by atoms with E-state index in [9.17, 15) is 13.2 Å². The number of benzene rings is 3. The molecular formula is C22H20N2O4S. The number of fused-ring (bicyclic) bond motifs is 3. The highest BCUT2D eigenvalue weighted by molar-refractivity contribution is 7.92. The minimum Gasteiger partial charge on any atom is -0.450 e. The predicted molar refractivity (Wildman–Crippen MR) is 115 cm³/mol. The molecule has 1 aromatic heterocycles. The first-order valence-corrected chi connectivity index (χ1v) is 11.0. The Kier molecular flexibility index (Phi) is 4.76. The third kappa shape index (κ3) is 3.95. The molecule has 2 N–H and O–H groups in total. The fraction of sp³-hybridized carbons (Fsp3) is 0.136. The topological polar surface area (TPSA) is 88.4 Å². The molecule has 29 heavy (non-hydrogen) atoms. The van der Waals surface area contributed by atoms with Gasteiger partial charge in [-0.1, -0.05) is 48.5 Å². The Morgan fingerprint density at radius 3 is 2.59 bits per heavy atom. The van der Waals surface area contributed by atoms with Crippen LogP contribution in [0.5, 0.6) is 0 Å². The van der Waals surface area contributed by atoms with E-state index in [0.29, 0.717) is 11.3 Å². The van der Waals surface area contributed by atoms with Crippen LogP contribution in [0.4, 0.5) is 5.69 Å². The molecule has 0 saturated carbocycles. The zero-order valence-corrected chi connectivity index (χ0v) is 16.8. The molecule has 4 rings (SSSR count). The number of hydrogen-bond acceptors (Lipinski definition) is 4. The molecule has 0 saturated heterocycles.